The zero-order chi connectivity index (χ0) is 68.7. The number of pyridine rings is 12. The summed E-state index contributed by atoms with van der Waals surface area (Å²) in [4.78, 5) is 56.0. The predicted octanol–water partition coefficient (Wildman–Crippen LogP) is 20.2. The third-order valence-electron chi connectivity index (χ3n) is 19.7. The summed E-state index contributed by atoms with van der Waals surface area (Å²) in [5, 5.41) is 7.13. The van der Waals surface area contributed by atoms with Gasteiger partial charge in [-0.15, -0.1) is 0 Å². The molecule has 0 radical (unpaired) electrons. The molecular formula is C85H82N12Ru2. The molecule has 12 heterocycles. The summed E-state index contributed by atoms with van der Waals surface area (Å²) in [6.07, 6.45) is 19.8. The Balaban J connectivity index is 0.000000147. The Morgan fingerprint density at radius 1 is 0.222 bits per heavy atom. The summed E-state index contributed by atoms with van der Waals surface area (Å²) in [6, 6.07) is 33.7. The normalized spacial score (nSPS) is 11.0. The first-order valence-corrected chi connectivity index (χ1v) is 33.1. The minimum absolute atomic E-state index is 0. The van der Waals surface area contributed by atoms with Gasteiger partial charge in [-0.1, -0.05) is 36.4 Å². The van der Waals surface area contributed by atoms with Gasteiger partial charge in [0.1, 0.15) is 0 Å². The van der Waals surface area contributed by atoms with E-state index in [9.17, 15) is 0 Å². The molecule has 12 aromatic heterocycles. The average molecular weight is 1470 g/mol. The van der Waals surface area contributed by atoms with Gasteiger partial charge in [-0.05, 0) is 303 Å². The van der Waals surface area contributed by atoms with Crippen molar-refractivity contribution in [3.05, 3.63) is 270 Å². The van der Waals surface area contributed by atoms with Crippen LogP contribution >= 0.6 is 0 Å². The van der Waals surface area contributed by atoms with Crippen molar-refractivity contribution < 1.29 is 39.0 Å². The summed E-state index contributed by atoms with van der Waals surface area (Å²) in [7, 11) is 0. The second-order valence-electron chi connectivity index (χ2n) is 26.3. The van der Waals surface area contributed by atoms with E-state index in [0.717, 1.165) is 107 Å². The van der Waals surface area contributed by atoms with E-state index in [4.69, 9.17) is 15.0 Å². The number of aromatic nitrogens is 12. The molecule has 15 rings (SSSR count). The second kappa shape index (κ2) is 30.2. The molecular weight excluding hydrogens is 1390 g/mol. The molecule has 0 aliphatic heterocycles. The van der Waals surface area contributed by atoms with Gasteiger partial charge >= 0.3 is 0 Å². The van der Waals surface area contributed by atoms with Gasteiger partial charge < -0.3 is 0 Å². The van der Waals surface area contributed by atoms with E-state index < -0.39 is 0 Å². The van der Waals surface area contributed by atoms with E-state index in [-0.39, 0.29) is 39.0 Å². The van der Waals surface area contributed by atoms with Crippen LogP contribution < -0.4 is 0 Å². The van der Waals surface area contributed by atoms with Crippen LogP contribution in [0.2, 0.25) is 0 Å². The quantitative estimate of drug-likeness (QED) is 0.115. The molecule has 0 amide bonds. The summed E-state index contributed by atoms with van der Waals surface area (Å²) < 4.78 is 0. The van der Waals surface area contributed by atoms with Gasteiger partial charge in [-0.3, -0.25) is 49.8 Å². The van der Waals surface area contributed by atoms with Crippen LogP contribution in [0.15, 0.2) is 159 Å². The molecule has 0 bridgehead atoms. The van der Waals surface area contributed by atoms with Crippen molar-refractivity contribution in [2.45, 2.75) is 131 Å². The van der Waals surface area contributed by atoms with Gasteiger partial charge in [-0.2, -0.15) is 0 Å². The molecule has 498 valence electrons. The van der Waals surface area contributed by atoms with E-state index in [0.29, 0.717) is 0 Å². The van der Waals surface area contributed by atoms with Crippen molar-refractivity contribution in [2.24, 2.45) is 0 Å². The molecule has 99 heavy (non-hydrogen) atoms. The molecule has 0 atom stereocenters. The van der Waals surface area contributed by atoms with Crippen LogP contribution in [0, 0.1) is 125 Å². The van der Waals surface area contributed by atoms with Gasteiger partial charge in [0.25, 0.3) is 0 Å². The predicted molar refractivity (Wildman–Crippen MR) is 401 cm³/mol. The van der Waals surface area contributed by atoms with Gasteiger partial charge in [0.15, 0.2) is 0 Å². The first kappa shape index (κ1) is 72.0. The molecule has 0 N–H and O–H groups in total. The topological polar surface area (TPSA) is 155 Å². The smallest absolute Gasteiger partial charge is 0.0975 e. The number of aryl methyl sites for hydroxylation is 16. The Morgan fingerprint density at radius 3 is 0.889 bits per heavy atom. The van der Waals surface area contributed by atoms with E-state index in [1.807, 2.05) is 86.2 Å². The van der Waals surface area contributed by atoms with E-state index in [1.165, 1.54) is 122 Å². The van der Waals surface area contributed by atoms with Crippen LogP contribution in [-0.4, -0.2) is 59.8 Å². The number of hydrogen-bond acceptors (Lipinski definition) is 12. The molecule has 0 unspecified atom stereocenters. The molecule has 0 fully saturated rings. The maximum Gasteiger partial charge on any atom is 0.0975 e. The average Bonchev–Trinajstić information content (AvgIpc) is 0.756. The summed E-state index contributed by atoms with van der Waals surface area (Å²) in [6.45, 7) is 38.1. The van der Waals surface area contributed by atoms with Crippen LogP contribution in [0.5, 0.6) is 0 Å². The van der Waals surface area contributed by atoms with Crippen molar-refractivity contribution in [3.8, 4) is 45.6 Å². The Morgan fingerprint density at radius 2 is 0.525 bits per heavy atom. The standard InChI is InChI=1S/C30H30N4.C23H20N4.2C16H16N2.2Ru/c1-15-11-25(31-13-17(15)3)26-12-16(2)20(6)27(33-26)28-22(8)21(7)24-10-9-23-19(5)18(4)14-32-29(23)30(24)34-28;1-16-3-7-24-20(11-16)22-14-18(5-9-26-22)13-19-6-10-27-23(15-19)21-12-17(2)4-8-25-21;2*1-9-7-17-15-13(11(9)3)5-6-14-12(4)10(2)8-18-16(14)15;;/h9-14H,1-8H3;3-12,14-15H,13H2,1-2H3;2*5-8H,1-4H3;;. The molecule has 0 aliphatic rings. The zero-order valence-electron chi connectivity index (χ0n) is 59.8. The van der Waals surface area contributed by atoms with Crippen molar-refractivity contribution in [3.63, 3.8) is 0 Å². The minimum atomic E-state index is 0. The fourth-order valence-corrected chi connectivity index (χ4v) is 12.4. The minimum Gasteiger partial charge on any atom is -0.255 e. The summed E-state index contributed by atoms with van der Waals surface area (Å²) in [5.41, 5.74) is 37.5. The summed E-state index contributed by atoms with van der Waals surface area (Å²) in [5.74, 6) is 0. The van der Waals surface area contributed by atoms with Crippen LogP contribution in [0.3, 0.4) is 0 Å². The Bertz CT molecular complexity index is 5270. The molecule has 0 spiro atoms. The van der Waals surface area contributed by atoms with Crippen LogP contribution in [-0.2, 0) is 45.4 Å². The fraction of sp³-hybridized carbons (Fsp3) is 0.224. The number of rotatable bonds is 6. The fourth-order valence-electron chi connectivity index (χ4n) is 12.4. The van der Waals surface area contributed by atoms with Crippen LogP contribution in [0.1, 0.15) is 111 Å². The Hall–Kier alpha value is -9.73. The number of benzene rings is 3. The maximum atomic E-state index is 5.23. The maximum absolute atomic E-state index is 5.23. The number of nitrogens with zero attached hydrogens (tertiary/aromatic N) is 12. The molecule has 0 saturated carbocycles. The Kier molecular flexibility index (Phi) is 21.9. The third kappa shape index (κ3) is 14.7. The van der Waals surface area contributed by atoms with Gasteiger partial charge in [0.05, 0.1) is 78.7 Å². The second-order valence-corrected chi connectivity index (χ2v) is 26.3. The first-order chi connectivity index (χ1) is 46.5. The van der Waals surface area contributed by atoms with Crippen molar-refractivity contribution >= 4 is 65.4 Å². The third-order valence-corrected chi connectivity index (χ3v) is 19.7. The Labute approximate surface area is 606 Å². The molecule has 0 aliphatic carbocycles. The SMILES string of the molecule is Cc1ccnc(-c2cc(Cc3ccnc(-c4cc(C)ccn4)c3)ccn2)c1.Cc1cnc(-c2cc(C)c(C)c(-c3nc4c(ccc5c(C)c(C)cnc54)c(C)c3C)n2)cc1C.Cc1cnc2c(ccc3c(C)c(C)cnc32)c1C.Cc1cnc2c(ccc3c(C)c(C)cnc32)c1C.[Ru].[Ru]. The van der Waals surface area contributed by atoms with E-state index in [1.54, 1.807) is 0 Å². The molecule has 14 heteroatoms. The first-order valence-electron chi connectivity index (χ1n) is 33.1. The molecule has 12 nitrogen and oxygen atoms in total. The molecule has 15 aromatic rings. The van der Waals surface area contributed by atoms with Crippen LogP contribution in [0.25, 0.3) is 111 Å². The van der Waals surface area contributed by atoms with E-state index >= 15 is 0 Å². The van der Waals surface area contributed by atoms with Crippen LogP contribution in [0.4, 0.5) is 0 Å². The number of hydrogen-bond donors (Lipinski definition) is 0. The molecule has 0 saturated heterocycles. The number of fused-ring (bicyclic) bond motifs is 9. The van der Waals surface area contributed by atoms with Crippen molar-refractivity contribution in [1.82, 2.24) is 59.8 Å². The molecule has 3 aromatic carbocycles. The van der Waals surface area contributed by atoms with Crippen molar-refractivity contribution in [1.29, 1.82) is 0 Å². The largest absolute Gasteiger partial charge is 0.255 e. The monoisotopic (exact) mass is 1470 g/mol. The van der Waals surface area contributed by atoms with Gasteiger partial charge in [-0.25, -0.2) is 9.97 Å². The van der Waals surface area contributed by atoms with Gasteiger partial charge in [0.2, 0.25) is 0 Å². The van der Waals surface area contributed by atoms with E-state index in [2.05, 4.69) is 242 Å². The van der Waals surface area contributed by atoms with Crippen molar-refractivity contribution in [2.75, 3.05) is 0 Å². The summed E-state index contributed by atoms with van der Waals surface area (Å²) >= 11 is 0. The zero-order valence-corrected chi connectivity index (χ0v) is 63.3. The van der Waals surface area contributed by atoms with Gasteiger partial charge in [0, 0.05) is 133 Å².